The first kappa shape index (κ1) is 11.3. The fraction of sp³-hybridized carbons (Fsp3) is 0.308. The molecule has 0 heterocycles. The summed E-state index contributed by atoms with van der Waals surface area (Å²) >= 11 is 0. The van der Waals surface area contributed by atoms with Gasteiger partial charge in [-0.15, -0.1) is 6.42 Å². The lowest BCUT2D eigenvalue weighted by molar-refractivity contribution is 0.690. The van der Waals surface area contributed by atoms with Crippen molar-refractivity contribution in [1.29, 1.82) is 5.26 Å². The normalized spacial score (nSPS) is 11.5. The van der Waals surface area contributed by atoms with Crippen molar-refractivity contribution in [1.82, 2.24) is 5.32 Å². The topological polar surface area (TPSA) is 35.8 Å². The highest BCUT2D eigenvalue weighted by molar-refractivity contribution is 5.33. The number of benzene rings is 1. The van der Waals surface area contributed by atoms with Crippen LogP contribution in [0.3, 0.4) is 0 Å². The number of rotatable bonds is 3. The molecule has 0 amide bonds. The fourth-order valence-electron chi connectivity index (χ4n) is 1.58. The number of terminal acetylenes is 1. The molecule has 0 fully saturated rings. The maximum absolute atomic E-state index is 9.01. The Balaban J connectivity index is 2.93. The summed E-state index contributed by atoms with van der Waals surface area (Å²) in [5.41, 5.74) is 3.30. The average molecular weight is 198 g/mol. The molecule has 15 heavy (non-hydrogen) atoms. The molecule has 2 heteroatoms. The molecule has 1 aromatic carbocycles. The Morgan fingerprint density at radius 3 is 2.40 bits per heavy atom. The smallest absolute Gasteiger partial charge is 0.122 e. The molecule has 0 aliphatic heterocycles. The van der Waals surface area contributed by atoms with Crippen molar-refractivity contribution in [3.05, 3.63) is 34.9 Å². The Bertz CT molecular complexity index is 401. The third-order valence-corrected chi connectivity index (χ3v) is 2.11. The zero-order valence-electron chi connectivity index (χ0n) is 9.04. The van der Waals surface area contributed by atoms with Gasteiger partial charge in [-0.2, -0.15) is 5.26 Å². The summed E-state index contributed by atoms with van der Waals surface area (Å²) < 4.78 is 0. The van der Waals surface area contributed by atoms with Crippen molar-refractivity contribution >= 4 is 0 Å². The first-order chi connectivity index (χ1) is 7.17. The molecule has 0 radical (unpaired) electrons. The zero-order valence-corrected chi connectivity index (χ0v) is 9.04. The zero-order chi connectivity index (χ0) is 11.3. The Morgan fingerprint density at radius 2 is 1.93 bits per heavy atom. The van der Waals surface area contributed by atoms with Gasteiger partial charge in [0.1, 0.15) is 6.04 Å². The SMILES string of the molecule is C#CCNC(C#N)c1cc(C)cc(C)c1. The summed E-state index contributed by atoms with van der Waals surface area (Å²) in [5, 5.41) is 12.0. The minimum absolute atomic E-state index is 0.320. The van der Waals surface area contributed by atoms with E-state index < -0.39 is 0 Å². The number of nitrogens with one attached hydrogen (secondary N) is 1. The Morgan fingerprint density at radius 1 is 1.33 bits per heavy atom. The highest BCUT2D eigenvalue weighted by Crippen LogP contribution is 2.16. The molecule has 0 saturated carbocycles. The second kappa shape index (κ2) is 5.20. The molecule has 0 bridgehead atoms. The van der Waals surface area contributed by atoms with Crippen molar-refractivity contribution in [3.63, 3.8) is 0 Å². The van der Waals surface area contributed by atoms with Crippen LogP contribution in [-0.2, 0) is 0 Å². The standard InChI is InChI=1S/C13H14N2/c1-4-5-15-13(9-14)12-7-10(2)6-11(3)8-12/h1,6-8,13,15H,5H2,2-3H3. The maximum atomic E-state index is 9.01. The Kier molecular flexibility index (Phi) is 3.92. The molecule has 1 N–H and O–H groups in total. The Labute approximate surface area is 90.9 Å². The molecule has 1 rings (SSSR count). The van der Waals surface area contributed by atoms with Gasteiger partial charge in [-0.25, -0.2) is 0 Å². The van der Waals surface area contributed by atoms with Crippen molar-refractivity contribution < 1.29 is 0 Å². The predicted octanol–water partition coefficient (Wildman–Crippen LogP) is 2.09. The molecular weight excluding hydrogens is 184 g/mol. The first-order valence-corrected chi connectivity index (χ1v) is 4.82. The molecule has 2 nitrogen and oxygen atoms in total. The average Bonchev–Trinajstić information content (AvgIpc) is 2.17. The van der Waals surface area contributed by atoms with Gasteiger partial charge in [0.25, 0.3) is 0 Å². The minimum atomic E-state index is -0.320. The number of aryl methyl sites for hydroxylation is 2. The summed E-state index contributed by atoms with van der Waals surface area (Å²) in [6, 6.07) is 7.97. The lowest BCUT2D eigenvalue weighted by Crippen LogP contribution is -2.20. The van der Waals surface area contributed by atoms with Crippen LogP contribution in [0.2, 0.25) is 0 Å². The van der Waals surface area contributed by atoms with E-state index in [9.17, 15) is 0 Å². The second-order valence-electron chi connectivity index (χ2n) is 3.57. The van der Waals surface area contributed by atoms with E-state index in [2.05, 4.69) is 23.4 Å². The van der Waals surface area contributed by atoms with Crippen molar-refractivity contribution in [2.24, 2.45) is 0 Å². The monoisotopic (exact) mass is 198 g/mol. The van der Waals surface area contributed by atoms with Crippen LogP contribution >= 0.6 is 0 Å². The van der Waals surface area contributed by atoms with Crippen molar-refractivity contribution in [3.8, 4) is 18.4 Å². The molecule has 0 aliphatic carbocycles. The van der Waals surface area contributed by atoms with Crippen LogP contribution in [0.1, 0.15) is 22.7 Å². The van der Waals surface area contributed by atoms with E-state index in [4.69, 9.17) is 11.7 Å². The Hall–Kier alpha value is -1.77. The number of hydrogen-bond acceptors (Lipinski definition) is 2. The van der Waals surface area contributed by atoms with Gasteiger partial charge in [0.15, 0.2) is 0 Å². The minimum Gasteiger partial charge on any atom is -0.287 e. The molecule has 0 aliphatic rings. The number of nitrogens with zero attached hydrogens (tertiary/aromatic N) is 1. The summed E-state index contributed by atoms with van der Waals surface area (Å²) in [6.07, 6.45) is 5.15. The van der Waals surface area contributed by atoms with E-state index in [0.29, 0.717) is 6.54 Å². The van der Waals surface area contributed by atoms with Gasteiger partial charge in [-0.1, -0.05) is 35.2 Å². The van der Waals surface area contributed by atoms with Crippen molar-refractivity contribution in [2.45, 2.75) is 19.9 Å². The molecule has 1 aromatic rings. The fourth-order valence-corrected chi connectivity index (χ4v) is 1.58. The highest BCUT2D eigenvalue weighted by atomic mass is 14.9. The van der Waals surface area contributed by atoms with E-state index in [1.165, 1.54) is 0 Å². The molecule has 1 atom stereocenters. The molecule has 76 valence electrons. The maximum Gasteiger partial charge on any atom is 0.122 e. The number of nitriles is 1. The molecule has 0 aromatic heterocycles. The molecule has 0 saturated heterocycles. The van der Waals surface area contributed by atoms with Crippen LogP contribution in [0.15, 0.2) is 18.2 Å². The summed E-state index contributed by atoms with van der Waals surface area (Å²) in [7, 11) is 0. The molecular formula is C13H14N2. The van der Waals surface area contributed by atoms with Gasteiger partial charge in [0.2, 0.25) is 0 Å². The van der Waals surface area contributed by atoms with Crippen molar-refractivity contribution in [2.75, 3.05) is 6.54 Å². The third kappa shape index (κ3) is 3.13. The van der Waals surface area contributed by atoms with Crippen LogP contribution in [0.25, 0.3) is 0 Å². The number of hydrogen-bond donors (Lipinski definition) is 1. The highest BCUT2D eigenvalue weighted by Gasteiger charge is 2.09. The van der Waals surface area contributed by atoms with Gasteiger partial charge in [-0.3, -0.25) is 5.32 Å². The van der Waals surface area contributed by atoms with Crippen LogP contribution in [0.4, 0.5) is 0 Å². The second-order valence-corrected chi connectivity index (χ2v) is 3.57. The molecule has 0 spiro atoms. The van der Waals surface area contributed by atoms with Crippen LogP contribution in [-0.4, -0.2) is 6.54 Å². The summed E-state index contributed by atoms with van der Waals surface area (Å²) in [6.45, 7) is 4.45. The summed E-state index contributed by atoms with van der Waals surface area (Å²) in [4.78, 5) is 0. The van der Waals surface area contributed by atoms with E-state index >= 15 is 0 Å². The summed E-state index contributed by atoms with van der Waals surface area (Å²) in [5.74, 6) is 2.47. The third-order valence-electron chi connectivity index (χ3n) is 2.11. The van der Waals surface area contributed by atoms with Crippen LogP contribution in [0.5, 0.6) is 0 Å². The lowest BCUT2D eigenvalue weighted by Gasteiger charge is -2.11. The van der Waals surface area contributed by atoms with E-state index in [-0.39, 0.29) is 6.04 Å². The van der Waals surface area contributed by atoms with E-state index in [1.54, 1.807) is 0 Å². The van der Waals surface area contributed by atoms with Gasteiger partial charge in [0.05, 0.1) is 12.6 Å². The first-order valence-electron chi connectivity index (χ1n) is 4.82. The van der Waals surface area contributed by atoms with Crippen LogP contribution in [0, 0.1) is 37.5 Å². The van der Waals surface area contributed by atoms with Gasteiger partial charge in [-0.05, 0) is 19.4 Å². The van der Waals surface area contributed by atoms with Gasteiger partial charge in [0, 0.05) is 0 Å². The van der Waals surface area contributed by atoms with E-state index in [1.807, 2.05) is 26.0 Å². The quantitative estimate of drug-likeness (QED) is 0.755. The molecule has 1 unspecified atom stereocenters. The van der Waals surface area contributed by atoms with Gasteiger partial charge < -0.3 is 0 Å². The van der Waals surface area contributed by atoms with Crippen LogP contribution < -0.4 is 5.32 Å². The van der Waals surface area contributed by atoms with Gasteiger partial charge >= 0.3 is 0 Å². The predicted molar refractivity (Wildman–Crippen MR) is 61.1 cm³/mol. The van der Waals surface area contributed by atoms with E-state index in [0.717, 1.165) is 16.7 Å². The largest absolute Gasteiger partial charge is 0.287 e. The lowest BCUT2D eigenvalue weighted by atomic mass is 10.0.